The molecule has 1 aromatic carbocycles. The first-order valence-corrected chi connectivity index (χ1v) is 5.50. The smallest absolute Gasteiger partial charge is 0.189 e. The fourth-order valence-electron chi connectivity index (χ4n) is 1.14. The molecule has 14 heavy (non-hydrogen) atoms. The first-order chi connectivity index (χ1) is 6.77. The van der Waals surface area contributed by atoms with Crippen molar-refractivity contribution in [1.29, 1.82) is 0 Å². The van der Waals surface area contributed by atoms with Crippen LogP contribution in [0.1, 0.15) is 5.56 Å². The summed E-state index contributed by atoms with van der Waals surface area (Å²) in [6.07, 6.45) is 1.54. The van der Waals surface area contributed by atoms with E-state index in [4.69, 9.17) is 11.6 Å². The molecule has 0 spiro atoms. The van der Waals surface area contributed by atoms with E-state index in [1.165, 1.54) is 0 Å². The van der Waals surface area contributed by atoms with Crippen molar-refractivity contribution in [2.24, 2.45) is 0 Å². The lowest BCUT2D eigenvalue weighted by Gasteiger charge is -2.04. The van der Waals surface area contributed by atoms with Gasteiger partial charge in [0, 0.05) is 27.6 Å². The van der Waals surface area contributed by atoms with E-state index in [0.29, 0.717) is 6.54 Å². The van der Waals surface area contributed by atoms with Gasteiger partial charge < -0.3 is 0 Å². The number of rotatable bonds is 2. The summed E-state index contributed by atoms with van der Waals surface area (Å²) in [5.74, 6) is 0. The molecule has 0 N–H and O–H groups in total. The van der Waals surface area contributed by atoms with Crippen molar-refractivity contribution in [3.05, 3.63) is 45.0 Å². The molecular formula is C9H7ClIN3. The van der Waals surface area contributed by atoms with Crippen LogP contribution in [0.2, 0.25) is 5.02 Å². The first-order valence-electron chi connectivity index (χ1n) is 4.04. The van der Waals surface area contributed by atoms with Crippen molar-refractivity contribution >= 4 is 34.2 Å². The van der Waals surface area contributed by atoms with Gasteiger partial charge in [-0.3, -0.25) is 0 Å². The number of halogens is 2. The molecule has 1 aromatic heterocycles. The van der Waals surface area contributed by atoms with Gasteiger partial charge in [0.2, 0.25) is 0 Å². The number of nitrogens with zero attached hydrogens (tertiary/aromatic N) is 3. The summed E-state index contributed by atoms with van der Waals surface area (Å²) >= 11 is 8.17. The molecule has 0 saturated carbocycles. The number of benzene rings is 1. The lowest BCUT2D eigenvalue weighted by atomic mass is 10.2. The van der Waals surface area contributed by atoms with E-state index in [1.54, 1.807) is 6.33 Å². The van der Waals surface area contributed by atoms with Gasteiger partial charge in [0.1, 0.15) is 6.33 Å². The van der Waals surface area contributed by atoms with E-state index >= 15 is 0 Å². The van der Waals surface area contributed by atoms with Crippen LogP contribution in [0.3, 0.4) is 0 Å². The summed E-state index contributed by atoms with van der Waals surface area (Å²) in [5, 5.41) is 4.85. The highest BCUT2D eigenvalue weighted by molar-refractivity contribution is 14.1. The molecule has 3 nitrogen and oxygen atoms in total. The second kappa shape index (κ2) is 4.27. The number of hydrogen-bond acceptors (Lipinski definition) is 2. The third-order valence-corrected chi connectivity index (χ3v) is 3.05. The van der Waals surface area contributed by atoms with Gasteiger partial charge in [-0.1, -0.05) is 29.8 Å². The van der Waals surface area contributed by atoms with Gasteiger partial charge >= 0.3 is 0 Å². The van der Waals surface area contributed by atoms with Gasteiger partial charge in [-0.25, -0.2) is 9.67 Å². The maximum atomic E-state index is 6.03. The SMILES string of the molecule is Clc1ccccc1Cn1ncnc1I. The Bertz CT molecular complexity index is 441. The van der Waals surface area contributed by atoms with Crippen molar-refractivity contribution < 1.29 is 0 Å². The highest BCUT2D eigenvalue weighted by Gasteiger charge is 2.03. The third kappa shape index (κ3) is 2.06. The Balaban J connectivity index is 2.28. The van der Waals surface area contributed by atoms with Gasteiger partial charge in [0.05, 0.1) is 6.54 Å². The van der Waals surface area contributed by atoms with Gasteiger partial charge in [0.25, 0.3) is 0 Å². The third-order valence-electron chi connectivity index (χ3n) is 1.85. The van der Waals surface area contributed by atoms with Gasteiger partial charge in [-0.2, -0.15) is 5.10 Å². The minimum atomic E-state index is 0.665. The predicted octanol–water partition coefficient (Wildman–Crippen LogP) is 2.58. The largest absolute Gasteiger partial charge is 0.237 e. The summed E-state index contributed by atoms with van der Waals surface area (Å²) in [5.41, 5.74) is 1.05. The fraction of sp³-hybridized carbons (Fsp3) is 0.111. The molecule has 5 heteroatoms. The lowest BCUT2D eigenvalue weighted by Crippen LogP contribution is -2.04. The van der Waals surface area contributed by atoms with Crippen LogP contribution in [-0.2, 0) is 6.54 Å². The highest BCUT2D eigenvalue weighted by Crippen LogP contribution is 2.16. The van der Waals surface area contributed by atoms with Crippen LogP contribution >= 0.6 is 34.2 Å². The van der Waals surface area contributed by atoms with E-state index in [1.807, 2.05) is 28.9 Å². The molecule has 2 aromatic rings. The summed E-state index contributed by atoms with van der Waals surface area (Å²) in [4.78, 5) is 4.04. The van der Waals surface area contributed by atoms with E-state index in [2.05, 4.69) is 32.7 Å². The van der Waals surface area contributed by atoms with Crippen LogP contribution in [0.25, 0.3) is 0 Å². The van der Waals surface area contributed by atoms with Gasteiger partial charge in [0.15, 0.2) is 3.83 Å². The molecule has 2 rings (SSSR count). The van der Waals surface area contributed by atoms with Gasteiger partial charge in [-0.05, 0) is 11.6 Å². The fourth-order valence-corrected chi connectivity index (χ4v) is 1.76. The minimum Gasteiger partial charge on any atom is -0.237 e. The van der Waals surface area contributed by atoms with Crippen LogP contribution < -0.4 is 0 Å². The first kappa shape index (κ1) is 9.92. The standard InChI is InChI=1S/C9H7ClIN3/c10-8-4-2-1-3-7(8)5-14-9(11)12-6-13-14/h1-4,6H,5H2. The van der Waals surface area contributed by atoms with Crippen LogP contribution in [0.4, 0.5) is 0 Å². The van der Waals surface area contributed by atoms with Crippen LogP contribution in [0, 0.1) is 3.83 Å². The molecule has 0 bridgehead atoms. The van der Waals surface area contributed by atoms with Crippen molar-refractivity contribution in [3.8, 4) is 0 Å². The van der Waals surface area contributed by atoms with E-state index < -0.39 is 0 Å². The summed E-state index contributed by atoms with van der Waals surface area (Å²) in [7, 11) is 0. The van der Waals surface area contributed by atoms with Crippen LogP contribution in [0.15, 0.2) is 30.6 Å². The van der Waals surface area contributed by atoms with Crippen molar-refractivity contribution in [2.75, 3.05) is 0 Å². The number of hydrogen-bond donors (Lipinski definition) is 0. The number of aromatic nitrogens is 3. The van der Waals surface area contributed by atoms with Gasteiger partial charge in [-0.15, -0.1) is 0 Å². The van der Waals surface area contributed by atoms with E-state index in [-0.39, 0.29) is 0 Å². The summed E-state index contributed by atoms with van der Waals surface area (Å²) in [6.45, 7) is 0.665. The maximum absolute atomic E-state index is 6.03. The Hall–Kier alpha value is -0.620. The lowest BCUT2D eigenvalue weighted by molar-refractivity contribution is 0.666. The monoisotopic (exact) mass is 319 g/mol. The zero-order chi connectivity index (χ0) is 9.97. The topological polar surface area (TPSA) is 30.7 Å². The average molecular weight is 320 g/mol. The Morgan fingerprint density at radius 2 is 2.14 bits per heavy atom. The molecule has 72 valence electrons. The summed E-state index contributed by atoms with van der Waals surface area (Å²) < 4.78 is 2.67. The molecular weight excluding hydrogens is 312 g/mol. The predicted molar refractivity (Wildman–Crippen MR) is 63.3 cm³/mol. The molecule has 0 aliphatic carbocycles. The summed E-state index contributed by atoms with van der Waals surface area (Å²) in [6, 6.07) is 7.74. The second-order valence-corrected chi connectivity index (χ2v) is 4.15. The zero-order valence-electron chi connectivity index (χ0n) is 7.19. The van der Waals surface area contributed by atoms with E-state index in [0.717, 1.165) is 14.4 Å². The molecule has 0 fully saturated rings. The van der Waals surface area contributed by atoms with Crippen molar-refractivity contribution in [1.82, 2.24) is 14.8 Å². The van der Waals surface area contributed by atoms with Crippen LogP contribution in [-0.4, -0.2) is 14.8 Å². The minimum absolute atomic E-state index is 0.665. The molecule has 0 amide bonds. The Kier molecular flexibility index (Phi) is 3.02. The maximum Gasteiger partial charge on any atom is 0.189 e. The quantitative estimate of drug-likeness (QED) is 0.797. The molecule has 0 atom stereocenters. The second-order valence-electron chi connectivity index (χ2n) is 2.78. The van der Waals surface area contributed by atoms with Crippen molar-refractivity contribution in [2.45, 2.75) is 6.54 Å². The molecule has 0 unspecified atom stereocenters. The zero-order valence-corrected chi connectivity index (χ0v) is 10.1. The molecule has 0 aliphatic heterocycles. The Morgan fingerprint density at radius 3 is 2.79 bits per heavy atom. The molecule has 0 radical (unpaired) electrons. The van der Waals surface area contributed by atoms with Crippen molar-refractivity contribution in [3.63, 3.8) is 0 Å². The average Bonchev–Trinajstić information content (AvgIpc) is 2.56. The Labute approximate surface area is 100 Å². The normalized spacial score (nSPS) is 10.4. The van der Waals surface area contributed by atoms with Crippen LogP contribution in [0.5, 0.6) is 0 Å². The molecule has 0 aliphatic rings. The van der Waals surface area contributed by atoms with E-state index in [9.17, 15) is 0 Å². The molecule has 1 heterocycles. The Morgan fingerprint density at radius 1 is 1.36 bits per heavy atom. The molecule has 0 saturated heterocycles. The highest BCUT2D eigenvalue weighted by atomic mass is 127.